The van der Waals surface area contributed by atoms with E-state index in [0.29, 0.717) is 18.0 Å². The van der Waals surface area contributed by atoms with Crippen LogP contribution in [0.1, 0.15) is 25.5 Å². The summed E-state index contributed by atoms with van der Waals surface area (Å²) in [6.07, 6.45) is 0. The van der Waals surface area contributed by atoms with Crippen LogP contribution in [0.25, 0.3) is 0 Å². The molecule has 0 aliphatic heterocycles. The minimum Gasteiger partial charge on any atom is -0.298 e. The minimum atomic E-state index is -0.652. The maximum Gasteiger partial charge on any atom is 0.147 e. The summed E-state index contributed by atoms with van der Waals surface area (Å²) < 4.78 is 13.6. The van der Waals surface area contributed by atoms with Gasteiger partial charge in [-0.05, 0) is 18.5 Å². The van der Waals surface area contributed by atoms with Crippen LogP contribution in [0.3, 0.4) is 0 Å². The van der Waals surface area contributed by atoms with Crippen molar-refractivity contribution < 1.29 is 4.39 Å². The van der Waals surface area contributed by atoms with Crippen molar-refractivity contribution in [2.75, 3.05) is 6.54 Å². The van der Waals surface area contributed by atoms with Crippen LogP contribution < -0.4 is 5.32 Å². The summed E-state index contributed by atoms with van der Waals surface area (Å²) in [5.41, 5.74) is 0.302. The minimum absolute atomic E-state index is 0.0455. The Balaban J connectivity index is 2.88. The molecule has 0 radical (unpaired) electrons. The molecule has 0 saturated carbocycles. The second-order valence-electron chi connectivity index (χ2n) is 4.01. The number of halogens is 2. The van der Waals surface area contributed by atoms with Crippen LogP contribution in [-0.2, 0) is 0 Å². The molecule has 0 aromatic heterocycles. The Hall–Kier alpha value is -1.11. The van der Waals surface area contributed by atoms with Crippen molar-refractivity contribution in [3.8, 4) is 6.07 Å². The molecule has 1 N–H and O–H groups in total. The molecule has 16 heavy (non-hydrogen) atoms. The quantitative estimate of drug-likeness (QED) is 0.877. The van der Waals surface area contributed by atoms with Crippen molar-refractivity contribution in [3.63, 3.8) is 0 Å². The molecule has 1 aromatic rings. The van der Waals surface area contributed by atoms with Gasteiger partial charge in [0.2, 0.25) is 0 Å². The summed E-state index contributed by atoms with van der Waals surface area (Å²) in [5, 5.41) is 12.0. The van der Waals surface area contributed by atoms with Crippen LogP contribution in [0.2, 0.25) is 5.02 Å². The van der Waals surface area contributed by atoms with E-state index in [1.54, 1.807) is 12.1 Å². The number of nitriles is 1. The predicted molar refractivity (Wildman–Crippen MR) is 62.6 cm³/mol. The molecule has 86 valence electrons. The Morgan fingerprint density at radius 2 is 2.19 bits per heavy atom. The van der Waals surface area contributed by atoms with Crippen molar-refractivity contribution in [1.82, 2.24) is 5.32 Å². The average Bonchev–Trinajstić information content (AvgIpc) is 2.24. The summed E-state index contributed by atoms with van der Waals surface area (Å²) in [7, 11) is 0. The summed E-state index contributed by atoms with van der Waals surface area (Å²) in [6, 6.07) is 6.06. The first kappa shape index (κ1) is 13.0. The van der Waals surface area contributed by atoms with Gasteiger partial charge in [0.15, 0.2) is 0 Å². The lowest BCUT2D eigenvalue weighted by atomic mass is 10.1. The Kier molecular flexibility index (Phi) is 4.72. The smallest absolute Gasteiger partial charge is 0.147 e. The summed E-state index contributed by atoms with van der Waals surface area (Å²) in [5.74, 6) is -0.120. The highest BCUT2D eigenvalue weighted by Gasteiger charge is 2.16. The molecule has 1 unspecified atom stereocenters. The highest BCUT2D eigenvalue weighted by atomic mass is 35.5. The van der Waals surface area contributed by atoms with Gasteiger partial charge < -0.3 is 0 Å². The molecular weight excluding hydrogens is 227 g/mol. The second kappa shape index (κ2) is 5.83. The molecular formula is C12H14ClFN2. The molecule has 2 nitrogen and oxygen atoms in total. The molecule has 0 fully saturated rings. The number of hydrogen-bond donors (Lipinski definition) is 1. The fraction of sp³-hybridized carbons (Fsp3) is 0.417. The molecule has 4 heteroatoms. The fourth-order valence-electron chi connectivity index (χ4n) is 1.32. The predicted octanol–water partition coefficient (Wildman–Crippen LogP) is 3.29. The molecule has 0 heterocycles. The summed E-state index contributed by atoms with van der Waals surface area (Å²) in [6.45, 7) is 4.70. The lowest BCUT2D eigenvalue weighted by Crippen LogP contribution is -2.25. The topological polar surface area (TPSA) is 35.8 Å². The summed E-state index contributed by atoms with van der Waals surface area (Å²) in [4.78, 5) is 0. The third kappa shape index (κ3) is 3.19. The largest absolute Gasteiger partial charge is 0.298 e. The van der Waals surface area contributed by atoms with E-state index in [0.717, 1.165) is 0 Å². The molecule has 1 aromatic carbocycles. The molecule has 0 spiro atoms. The molecule has 0 bridgehead atoms. The zero-order valence-corrected chi connectivity index (χ0v) is 10.1. The number of benzene rings is 1. The Morgan fingerprint density at radius 3 is 2.75 bits per heavy atom. The SMILES string of the molecule is CC(C)CNC(C#N)c1cccc(Cl)c1F. The van der Waals surface area contributed by atoms with Crippen molar-refractivity contribution in [3.05, 3.63) is 34.6 Å². The van der Waals surface area contributed by atoms with Crippen LogP contribution in [0.5, 0.6) is 0 Å². The third-order valence-electron chi connectivity index (χ3n) is 2.15. The van der Waals surface area contributed by atoms with Crippen LogP contribution in [0.15, 0.2) is 18.2 Å². The first-order valence-corrected chi connectivity index (χ1v) is 5.51. The van der Waals surface area contributed by atoms with Crippen molar-refractivity contribution in [1.29, 1.82) is 5.26 Å². The zero-order chi connectivity index (χ0) is 12.1. The molecule has 0 amide bonds. The number of rotatable bonds is 4. The monoisotopic (exact) mass is 240 g/mol. The molecule has 0 aliphatic carbocycles. The van der Waals surface area contributed by atoms with E-state index in [-0.39, 0.29) is 5.02 Å². The van der Waals surface area contributed by atoms with Gasteiger partial charge in [-0.2, -0.15) is 5.26 Å². The first-order valence-electron chi connectivity index (χ1n) is 5.13. The normalized spacial score (nSPS) is 12.5. The van der Waals surface area contributed by atoms with Crippen LogP contribution >= 0.6 is 11.6 Å². The highest BCUT2D eigenvalue weighted by Crippen LogP contribution is 2.23. The van der Waals surface area contributed by atoms with Crippen LogP contribution in [-0.4, -0.2) is 6.54 Å². The molecule has 1 rings (SSSR count). The van der Waals surface area contributed by atoms with Gasteiger partial charge in [-0.15, -0.1) is 0 Å². The fourth-order valence-corrected chi connectivity index (χ4v) is 1.50. The maximum absolute atomic E-state index is 13.6. The highest BCUT2D eigenvalue weighted by molar-refractivity contribution is 6.30. The lowest BCUT2D eigenvalue weighted by molar-refractivity contribution is 0.507. The van der Waals surface area contributed by atoms with E-state index in [2.05, 4.69) is 5.32 Å². The number of nitrogens with zero attached hydrogens (tertiary/aromatic N) is 1. The van der Waals surface area contributed by atoms with Crippen molar-refractivity contribution in [2.24, 2.45) is 5.92 Å². The maximum atomic E-state index is 13.6. The van der Waals surface area contributed by atoms with Gasteiger partial charge in [0.25, 0.3) is 0 Å². The number of nitrogens with one attached hydrogen (secondary N) is 1. The van der Waals surface area contributed by atoms with Crippen LogP contribution in [0, 0.1) is 23.1 Å². The van der Waals surface area contributed by atoms with Crippen molar-refractivity contribution >= 4 is 11.6 Å². The van der Waals surface area contributed by atoms with E-state index in [9.17, 15) is 4.39 Å². The van der Waals surface area contributed by atoms with Gasteiger partial charge in [0.1, 0.15) is 11.9 Å². The first-order chi connectivity index (χ1) is 7.56. The van der Waals surface area contributed by atoms with Gasteiger partial charge in [-0.25, -0.2) is 4.39 Å². The van der Waals surface area contributed by atoms with Gasteiger partial charge >= 0.3 is 0 Å². The Labute approximate surface area is 100 Å². The molecule has 0 saturated heterocycles. The number of hydrogen-bond acceptors (Lipinski definition) is 2. The Morgan fingerprint density at radius 1 is 1.50 bits per heavy atom. The van der Waals surface area contributed by atoms with Crippen molar-refractivity contribution in [2.45, 2.75) is 19.9 Å². The van der Waals surface area contributed by atoms with Gasteiger partial charge in [-0.3, -0.25) is 5.32 Å². The van der Waals surface area contributed by atoms with Gasteiger partial charge in [0, 0.05) is 5.56 Å². The zero-order valence-electron chi connectivity index (χ0n) is 9.30. The van der Waals surface area contributed by atoms with E-state index < -0.39 is 11.9 Å². The van der Waals surface area contributed by atoms with Gasteiger partial charge in [-0.1, -0.05) is 37.6 Å². The standard InChI is InChI=1S/C12H14ClFN2/c1-8(2)7-16-11(6-15)9-4-3-5-10(13)12(9)14/h3-5,8,11,16H,7H2,1-2H3. The van der Waals surface area contributed by atoms with Gasteiger partial charge in [0.05, 0.1) is 11.1 Å². The Bertz CT molecular complexity index is 398. The second-order valence-corrected chi connectivity index (χ2v) is 4.41. The third-order valence-corrected chi connectivity index (χ3v) is 2.44. The molecule has 1 atom stereocenters. The summed E-state index contributed by atoms with van der Waals surface area (Å²) >= 11 is 5.67. The van der Waals surface area contributed by atoms with E-state index in [1.165, 1.54) is 6.07 Å². The van der Waals surface area contributed by atoms with Crippen LogP contribution in [0.4, 0.5) is 4.39 Å². The van der Waals surface area contributed by atoms with E-state index in [4.69, 9.17) is 16.9 Å². The van der Waals surface area contributed by atoms with E-state index in [1.807, 2.05) is 19.9 Å². The average molecular weight is 241 g/mol. The lowest BCUT2D eigenvalue weighted by Gasteiger charge is -2.14. The molecule has 0 aliphatic rings. The van der Waals surface area contributed by atoms with E-state index >= 15 is 0 Å².